The average molecular weight is 373 g/mol. The summed E-state index contributed by atoms with van der Waals surface area (Å²) >= 11 is 6.28. The second kappa shape index (κ2) is 4.94. The Morgan fingerprint density at radius 3 is 2.70 bits per heavy atom. The molecule has 1 aliphatic rings. The maximum Gasteiger partial charge on any atom is 0.329 e. The van der Waals surface area contributed by atoms with Crippen molar-refractivity contribution in [3.8, 4) is 9.88 Å². The zero-order chi connectivity index (χ0) is 14.3. The van der Waals surface area contributed by atoms with Gasteiger partial charge in [-0.05, 0) is 40.9 Å². The molecule has 3 rings (SSSR count). The average Bonchev–Trinajstić information content (AvgIpc) is 2.86. The van der Waals surface area contributed by atoms with Gasteiger partial charge in [-0.25, -0.2) is 9.78 Å². The van der Waals surface area contributed by atoms with Crippen molar-refractivity contribution < 1.29 is 14.7 Å². The highest BCUT2D eigenvalue weighted by atomic mass is 79.9. The number of carbonyl (C=O) groups is 2. The number of hydrogen-bond donors (Lipinski definition) is 2. The molecule has 2 heterocycles. The number of rotatable bonds is 4. The van der Waals surface area contributed by atoms with Gasteiger partial charge in [0.05, 0.1) is 8.66 Å². The van der Waals surface area contributed by atoms with Gasteiger partial charge in [0, 0.05) is 5.38 Å². The van der Waals surface area contributed by atoms with Crippen LogP contribution in [0.3, 0.4) is 0 Å². The minimum absolute atomic E-state index is 0.266. The Kier molecular flexibility index (Phi) is 3.39. The Morgan fingerprint density at radius 1 is 1.40 bits per heavy atom. The van der Waals surface area contributed by atoms with Crippen molar-refractivity contribution >= 4 is 50.5 Å². The summed E-state index contributed by atoms with van der Waals surface area (Å²) in [5.74, 6) is -1.41. The Morgan fingerprint density at radius 2 is 2.15 bits per heavy atom. The second-order valence-corrected chi connectivity index (χ2v) is 7.80. The van der Waals surface area contributed by atoms with Crippen LogP contribution in [0.1, 0.15) is 23.3 Å². The minimum Gasteiger partial charge on any atom is -0.480 e. The van der Waals surface area contributed by atoms with Crippen LogP contribution in [0.25, 0.3) is 9.88 Å². The summed E-state index contributed by atoms with van der Waals surface area (Å²) in [6, 6.07) is 3.85. The normalized spacial score (nSPS) is 15.8. The molecule has 0 saturated heterocycles. The number of thiazole rings is 1. The first-order chi connectivity index (χ1) is 9.50. The number of aliphatic carboxylic acids is 1. The van der Waals surface area contributed by atoms with E-state index >= 15 is 0 Å². The van der Waals surface area contributed by atoms with Crippen molar-refractivity contribution in [3.63, 3.8) is 0 Å². The van der Waals surface area contributed by atoms with Crippen molar-refractivity contribution in [1.29, 1.82) is 0 Å². The highest BCUT2D eigenvalue weighted by molar-refractivity contribution is 9.11. The van der Waals surface area contributed by atoms with Crippen LogP contribution in [0.2, 0.25) is 0 Å². The highest BCUT2D eigenvalue weighted by Crippen LogP contribution is 2.36. The molecule has 0 aromatic carbocycles. The van der Waals surface area contributed by atoms with E-state index in [1.807, 2.05) is 12.1 Å². The van der Waals surface area contributed by atoms with Crippen molar-refractivity contribution in [2.45, 2.75) is 18.4 Å². The number of carboxylic acids is 1. The standard InChI is InChI=1S/C12H9BrN2O3S2/c13-8-2-1-7(20-8)10-14-6(5-19-10)9(16)15-12(3-4-12)11(17)18/h1-2,5H,3-4H2,(H,15,16)(H,17,18). The molecule has 0 spiro atoms. The summed E-state index contributed by atoms with van der Waals surface area (Å²) in [5, 5.41) is 14.0. The molecule has 20 heavy (non-hydrogen) atoms. The fourth-order valence-electron chi connectivity index (χ4n) is 1.72. The SMILES string of the molecule is O=C(NC1(C(=O)O)CC1)c1csc(-c2ccc(Br)s2)n1. The maximum atomic E-state index is 12.0. The highest BCUT2D eigenvalue weighted by Gasteiger charge is 2.51. The summed E-state index contributed by atoms with van der Waals surface area (Å²) in [4.78, 5) is 28.3. The van der Waals surface area contributed by atoms with Gasteiger partial charge in [-0.2, -0.15) is 0 Å². The summed E-state index contributed by atoms with van der Waals surface area (Å²) in [7, 11) is 0. The van der Waals surface area contributed by atoms with E-state index in [0.717, 1.165) is 13.7 Å². The molecule has 104 valence electrons. The van der Waals surface area contributed by atoms with Gasteiger partial charge < -0.3 is 10.4 Å². The van der Waals surface area contributed by atoms with Gasteiger partial charge in [-0.3, -0.25) is 4.79 Å². The van der Waals surface area contributed by atoms with Crippen LogP contribution >= 0.6 is 38.6 Å². The number of thiophene rings is 1. The van der Waals surface area contributed by atoms with E-state index in [1.54, 1.807) is 5.38 Å². The smallest absolute Gasteiger partial charge is 0.329 e. The van der Waals surface area contributed by atoms with Gasteiger partial charge in [0.25, 0.3) is 5.91 Å². The zero-order valence-electron chi connectivity index (χ0n) is 10.1. The molecule has 0 bridgehead atoms. The molecule has 1 amide bonds. The molecular weight excluding hydrogens is 364 g/mol. The van der Waals surface area contributed by atoms with Gasteiger partial charge in [-0.15, -0.1) is 22.7 Å². The monoisotopic (exact) mass is 372 g/mol. The Bertz CT molecular complexity index is 690. The quantitative estimate of drug-likeness (QED) is 0.864. The lowest BCUT2D eigenvalue weighted by molar-refractivity contribution is -0.140. The predicted molar refractivity (Wildman–Crippen MR) is 80.2 cm³/mol. The molecule has 5 nitrogen and oxygen atoms in total. The number of nitrogens with one attached hydrogen (secondary N) is 1. The van der Waals surface area contributed by atoms with Gasteiger partial charge in [0.2, 0.25) is 0 Å². The van der Waals surface area contributed by atoms with E-state index in [2.05, 4.69) is 26.2 Å². The fourth-order valence-corrected chi connectivity index (χ4v) is 3.98. The Balaban J connectivity index is 1.77. The lowest BCUT2D eigenvalue weighted by atomic mass is 10.2. The molecule has 1 fully saturated rings. The third kappa shape index (κ3) is 2.50. The number of halogens is 1. The number of carboxylic acid groups (broad SMARTS) is 1. The van der Waals surface area contributed by atoms with Crippen LogP contribution in [-0.4, -0.2) is 27.5 Å². The van der Waals surface area contributed by atoms with E-state index in [4.69, 9.17) is 5.11 Å². The molecule has 8 heteroatoms. The van der Waals surface area contributed by atoms with E-state index in [0.29, 0.717) is 12.8 Å². The summed E-state index contributed by atoms with van der Waals surface area (Å²) in [6.45, 7) is 0. The molecule has 0 unspecified atom stereocenters. The van der Waals surface area contributed by atoms with E-state index in [9.17, 15) is 9.59 Å². The van der Waals surface area contributed by atoms with Crippen molar-refractivity contribution in [3.05, 3.63) is 27.0 Å². The maximum absolute atomic E-state index is 12.0. The zero-order valence-corrected chi connectivity index (χ0v) is 13.3. The largest absolute Gasteiger partial charge is 0.480 e. The molecule has 0 radical (unpaired) electrons. The fraction of sp³-hybridized carbons (Fsp3) is 0.250. The first-order valence-electron chi connectivity index (χ1n) is 5.77. The number of nitrogens with zero attached hydrogens (tertiary/aromatic N) is 1. The van der Waals surface area contributed by atoms with Crippen molar-refractivity contribution in [2.75, 3.05) is 0 Å². The molecule has 0 atom stereocenters. The van der Waals surface area contributed by atoms with Gasteiger partial charge in [0.15, 0.2) is 0 Å². The first-order valence-corrected chi connectivity index (χ1v) is 8.26. The van der Waals surface area contributed by atoms with Crippen LogP contribution in [0.5, 0.6) is 0 Å². The number of aromatic nitrogens is 1. The predicted octanol–water partition coefficient (Wildman–Crippen LogP) is 2.98. The van der Waals surface area contributed by atoms with E-state index < -0.39 is 17.4 Å². The Labute approximate surface area is 130 Å². The number of amides is 1. The lowest BCUT2D eigenvalue weighted by Gasteiger charge is -2.10. The Hall–Kier alpha value is -1.25. The van der Waals surface area contributed by atoms with Gasteiger partial charge in [-0.1, -0.05) is 0 Å². The van der Waals surface area contributed by atoms with Crippen LogP contribution in [0.15, 0.2) is 21.3 Å². The van der Waals surface area contributed by atoms with E-state index in [-0.39, 0.29) is 5.69 Å². The molecule has 2 aromatic rings. The topological polar surface area (TPSA) is 79.3 Å². The molecule has 2 N–H and O–H groups in total. The van der Waals surface area contributed by atoms with E-state index in [1.165, 1.54) is 22.7 Å². The minimum atomic E-state index is -1.08. The van der Waals surface area contributed by atoms with Crippen LogP contribution < -0.4 is 5.32 Å². The van der Waals surface area contributed by atoms with Gasteiger partial charge >= 0.3 is 5.97 Å². The van der Waals surface area contributed by atoms with Gasteiger partial charge in [0.1, 0.15) is 16.2 Å². The van der Waals surface area contributed by atoms with Crippen LogP contribution in [0.4, 0.5) is 0 Å². The van der Waals surface area contributed by atoms with Crippen LogP contribution in [-0.2, 0) is 4.79 Å². The van der Waals surface area contributed by atoms with Crippen LogP contribution in [0, 0.1) is 0 Å². The summed E-state index contributed by atoms with van der Waals surface area (Å²) in [6.07, 6.45) is 0.950. The third-order valence-electron chi connectivity index (χ3n) is 3.03. The first kappa shape index (κ1) is 13.7. The third-order valence-corrected chi connectivity index (χ3v) is 5.67. The second-order valence-electron chi connectivity index (χ2n) is 4.48. The molecule has 1 aliphatic carbocycles. The number of hydrogen-bond acceptors (Lipinski definition) is 5. The summed E-state index contributed by atoms with van der Waals surface area (Å²) in [5.41, 5.74) is -0.811. The number of carbonyl (C=O) groups excluding carboxylic acids is 1. The summed E-state index contributed by atoms with van der Waals surface area (Å²) < 4.78 is 0.997. The van der Waals surface area contributed by atoms with Crippen molar-refractivity contribution in [1.82, 2.24) is 10.3 Å². The molecule has 2 aromatic heterocycles. The molecular formula is C12H9BrN2O3S2. The van der Waals surface area contributed by atoms with Crippen molar-refractivity contribution in [2.24, 2.45) is 0 Å². The molecule has 0 aliphatic heterocycles. The molecule has 1 saturated carbocycles. The lowest BCUT2D eigenvalue weighted by Crippen LogP contribution is -2.43.